The second kappa shape index (κ2) is 4.81. The molecule has 3 heteroatoms. The van der Waals surface area contributed by atoms with Gasteiger partial charge in [0.25, 0.3) is 0 Å². The molecule has 0 aromatic carbocycles. The zero-order valence-electron chi connectivity index (χ0n) is 9.36. The summed E-state index contributed by atoms with van der Waals surface area (Å²) in [5.74, 6) is 1.77. The van der Waals surface area contributed by atoms with E-state index in [9.17, 15) is 0 Å². The van der Waals surface area contributed by atoms with Gasteiger partial charge in [-0.1, -0.05) is 0 Å². The highest BCUT2D eigenvalue weighted by Gasteiger charge is 2.21. The largest absolute Gasteiger partial charge is 0.468 e. The van der Waals surface area contributed by atoms with Crippen LogP contribution in [-0.2, 0) is 6.54 Å². The fraction of sp³-hybridized carbons (Fsp3) is 0.667. The molecular formula is C12H20N2O. The Hall–Kier alpha value is -0.800. The Balaban J connectivity index is 1.79. The standard InChI is InChI=1S/C12H20N2O/c1-10(13)11-4-6-14(7-5-11)9-12-3-2-8-15-12/h2-3,8,10-11H,4-7,9,13H2,1H3. The number of furan rings is 1. The first-order chi connectivity index (χ1) is 7.25. The van der Waals surface area contributed by atoms with Crippen molar-refractivity contribution in [2.75, 3.05) is 13.1 Å². The maximum absolute atomic E-state index is 5.91. The molecule has 1 aliphatic rings. The Kier molecular flexibility index (Phi) is 3.44. The number of piperidine rings is 1. The predicted molar refractivity (Wildman–Crippen MR) is 60.4 cm³/mol. The lowest BCUT2D eigenvalue weighted by atomic mass is 9.91. The number of hydrogen-bond acceptors (Lipinski definition) is 3. The first-order valence-electron chi connectivity index (χ1n) is 5.76. The minimum Gasteiger partial charge on any atom is -0.468 e. The van der Waals surface area contributed by atoms with Gasteiger partial charge in [-0.2, -0.15) is 0 Å². The van der Waals surface area contributed by atoms with Gasteiger partial charge in [0.15, 0.2) is 0 Å². The van der Waals surface area contributed by atoms with Crippen LogP contribution in [-0.4, -0.2) is 24.0 Å². The lowest BCUT2D eigenvalue weighted by molar-refractivity contribution is 0.156. The van der Waals surface area contributed by atoms with Crippen LogP contribution >= 0.6 is 0 Å². The van der Waals surface area contributed by atoms with Crippen molar-refractivity contribution < 1.29 is 4.42 Å². The second-order valence-electron chi connectivity index (χ2n) is 4.55. The summed E-state index contributed by atoms with van der Waals surface area (Å²) in [7, 11) is 0. The van der Waals surface area contributed by atoms with Crippen molar-refractivity contribution in [3.05, 3.63) is 24.2 Å². The average Bonchev–Trinajstić information content (AvgIpc) is 2.71. The smallest absolute Gasteiger partial charge is 0.117 e. The minimum atomic E-state index is 0.343. The summed E-state index contributed by atoms with van der Waals surface area (Å²) in [5, 5.41) is 0. The molecule has 84 valence electrons. The molecule has 3 nitrogen and oxygen atoms in total. The van der Waals surface area contributed by atoms with E-state index in [0.717, 1.165) is 25.4 Å². The maximum Gasteiger partial charge on any atom is 0.117 e. The Morgan fingerprint density at radius 3 is 2.80 bits per heavy atom. The highest BCUT2D eigenvalue weighted by atomic mass is 16.3. The van der Waals surface area contributed by atoms with Crippen LogP contribution in [0.3, 0.4) is 0 Å². The third kappa shape index (κ3) is 2.83. The van der Waals surface area contributed by atoms with Crippen LogP contribution in [0, 0.1) is 5.92 Å². The van der Waals surface area contributed by atoms with Gasteiger partial charge in [-0.25, -0.2) is 0 Å². The number of hydrogen-bond donors (Lipinski definition) is 1. The van der Waals surface area contributed by atoms with Gasteiger partial charge >= 0.3 is 0 Å². The summed E-state index contributed by atoms with van der Waals surface area (Å²) in [6, 6.07) is 4.33. The lowest BCUT2D eigenvalue weighted by Gasteiger charge is -2.33. The Bertz CT molecular complexity index is 274. The molecule has 0 radical (unpaired) electrons. The summed E-state index contributed by atoms with van der Waals surface area (Å²) in [5.41, 5.74) is 5.91. The summed E-state index contributed by atoms with van der Waals surface area (Å²) < 4.78 is 5.34. The number of nitrogens with two attached hydrogens (primary N) is 1. The fourth-order valence-electron chi connectivity index (χ4n) is 2.26. The third-order valence-electron chi connectivity index (χ3n) is 3.34. The molecule has 1 atom stereocenters. The third-order valence-corrected chi connectivity index (χ3v) is 3.34. The van der Waals surface area contributed by atoms with Crippen LogP contribution < -0.4 is 5.73 Å². The quantitative estimate of drug-likeness (QED) is 0.824. The minimum absolute atomic E-state index is 0.343. The van der Waals surface area contributed by atoms with Crippen molar-refractivity contribution in [2.45, 2.75) is 32.4 Å². The number of likely N-dealkylation sites (tertiary alicyclic amines) is 1. The van der Waals surface area contributed by atoms with Crippen LogP contribution in [0.5, 0.6) is 0 Å². The van der Waals surface area contributed by atoms with E-state index in [1.807, 2.05) is 12.1 Å². The highest BCUT2D eigenvalue weighted by molar-refractivity contribution is 4.98. The van der Waals surface area contributed by atoms with E-state index >= 15 is 0 Å². The molecule has 1 unspecified atom stereocenters. The van der Waals surface area contributed by atoms with Gasteiger partial charge in [0.1, 0.15) is 5.76 Å². The van der Waals surface area contributed by atoms with Gasteiger partial charge in [-0.05, 0) is 50.9 Å². The fourth-order valence-corrected chi connectivity index (χ4v) is 2.26. The molecule has 1 aromatic heterocycles. The van der Waals surface area contributed by atoms with Crippen molar-refractivity contribution in [1.29, 1.82) is 0 Å². The Morgan fingerprint density at radius 2 is 2.27 bits per heavy atom. The first kappa shape index (κ1) is 10.7. The van der Waals surface area contributed by atoms with Crippen molar-refractivity contribution in [3.8, 4) is 0 Å². The van der Waals surface area contributed by atoms with E-state index in [1.54, 1.807) is 6.26 Å². The van der Waals surface area contributed by atoms with Crippen LogP contribution in [0.2, 0.25) is 0 Å². The maximum atomic E-state index is 5.91. The van der Waals surface area contributed by atoms with E-state index in [1.165, 1.54) is 12.8 Å². The molecule has 0 aliphatic carbocycles. The molecular weight excluding hydrogens is 188 g/mol. The second-order valence-corrected chi connectivity index (χ2v) is 4.55. The molecule has 1 aliphatic heterocycles. The molecule has 1 aromatic rings. The topological polar surface area (TPSA) is 42.4 Å². The Labute approximate surface area is 91.2 Å². The zero-order valence-corrected chi connectivity index (χ0v) is 9.36. The summed E-state index contributed by atoms with van der Waals surface area (Å²) in [6.07, 6.45) is 4.18. The monoisotopic (exact) mass is 208 g/mol. The molecule has 0 amide bonds. The van der Waals surface area contributed by atoms with Crippen LogP contribution in [0.1, 0.15) is 25.5 Å². The molecule has 0 saturated carbocycles. The van der Waals surface area contributed by atoms with Gasteiger partial charge in [0.2, 0.25) is 0 Å². The van der Waals surface area contributed by atoms with Gasteiger partial charge in [-0.15, -0.1) is 0 Å². The molecule has 15 heavy (non-hydrogen) atoms. The normalized spacial score (nSPS) is 21.7. The van der Waals surface area contributed by atoms with Gasteiger partial charge < -0.3 is 10.2 Å². The summed E-state index contributed by atoms with van der Waals surface area (Å²) >= 11 is 0. The molecule has 0 spiro atoms. The van der Waals surface area contributed by atoms with E-state index in [4.69, 9.17) is 10.2 Å². The van der Waals surface area contributed by atoms with Gasteiger partial charge in [0.05, 0.1) is 12.8 Å². The molecule has 1 saturated heterocycles. The molecule has 2 heterocycles. The van der Waals surface area contributed by atoms with Crippen molar-refractivity contribution in [2.24, 2.45) is 11.7 Å². The highest BCUT2D eigenvalue weighted by Crippen LogP contribution is 2.20. The number of rotatable bonds is 3. The van der Waals surface area contributed by atoms with E-state index in [-0.39, 0.29) is 0 Å². The van der Waals surface area contributed by atoms with E-state index < -0.39 is 0 Å². The molecule has 1 fully saturated rings. The van der Waals surface area contributed by atoms with Crippen LogP contribution in [0.4, 0.5) is 0 Å². The SMILES string of the molecule is CC(N)C1CCN(Cc2ccco2)CC1. The molecule has 2 rings (SSSR count). The first-order valence-corrected chi connectivity index (χ1v) is 5.76. The molecule has 2 N–H and O–H groups in total. The summed E-state index contributed by atoms with van der Waals surface area (Å²) in [6.45, 7) is 5.35. The Morgan fingerprint density at radius 1 is 1.53 bits per heavy atom. The van der Waals surface area contributed by atoms with Gasteiger partial charge in [0, 0.05) is 6.04 Å². The molecule has 0 bridgehead atoms. The lowest BCUT2D eigenvalue weighted by Crippen LogP contribution is -2.39. The summed E-state index contributed by atoms with van der Waals surface area (Å²) in [4.78, 5) is 2.44. The van der Waals surface area contributed by atoms with Crippen molar-refractivity contribution in [1.82, 2.24) is 4.90 Å². The predicted octanol–water partition coefficient (Wildman–Crippen LogP) is 1.84. The van der Waals surface area contributed by atoms with Crippen LogP contribution in [0.25, 0.3) is 0 Å². The van der Waals surface area contributed by atoms with E-state index in [0.29, 0.717) is 12.0 Å². The van der Waals surface area contributed by atoms with Crippen LogP contribution in [0.15, 0.2) is 22.8 Å². The van der Waals surface area contributed by atoms with E-state index in [2.05, 4.69) is 11.8 Å². The van der Waals surface area contributed by atoms with Crippen molar-refractivity contribution in [3.63, 3.8) is 0 Å². The average molecular weight is 208 g/mol. The number of nitrogens with zero attached hydrogens (tertiary/aromatic N) is 1. The zero-order chi connectivity index (χ0) is 10.7. The van der Waals surface area contributed by atoms with Crippen molar-refractivity contribution >= 4 is 0 Å². The van der Waals surface area contributed by atoms with Gasteiger partial charge in [-0.3, -0.25) is 4.90 Å².